The zero-order valence-electron chi connectivity index (χ0n) is 15.7. The van der Waals surface area contributed by atoms with Crippen LogP contribution in [-0.2, 0) is 9.59 Å². The first kappa shape index (κ1) is 21.3. The summed E-state index contributed by atoms with van der Waals surface area (Å²) in [5, 5.41) is 5.81. The van der Waals surface area contributed by atoms with Crippen molar-refractivity contribution in [2.75, 3.05) is 11.9 Å². The average Bonchev–Trinajstić information content (AvgIpc) is 3.20. The Labute approximate surface area is 182 Å². The number of carbonyl (C=O) groups is 3. The second-order valence-electron chi connectivity index (χ2n) is 6.26. The molecule has 0 saturated heterocycles. The topological polar surface area (TPSA) is 101 Å². The predicted molar refractivity (Wildman–Crippen MR) is 120 cm³/mol. The summed E-state index contributed by atoms with van der Waals surface area (Å²) >= 11 is 7.48. The summed E-state index contributed by atoms with van der Waals surface area (Å²) in [6, 6.07) is 17.8. The summed E-state index contributed by atoms with van der Waals surface area (Å²) in [5.41, 5.74) is 6.96. The quantitative estimate of drug-likeness (QED) is 0.486. The van der Waals surface area contributed by atoms with Gasteiger partial charge in [0, 0.05) is 32.1 Å². The number of carbonyl (C=O) groups excluding carboxylic acids is 3. The second-order valence-corrected chi connectivity index (χ2v) is 7.81. The summed E-state index contributed by atoms with van der Waals surface area (Å²) in [6.07, 6.45) is 3.19. The van der Waals surface area contributed by atoms with Crippen molar-refractivity contribution in [3.05, 3.63) is 82.2 Å². The number of anilines is 1. The van der Waals surface area contributed by atoms with Crippen LogP contribution in [0.1, 0.15) is 15.2 Å². The van der Waals surface area contributed by atoms with Crippen molar-refractivity contribution in [2.24, 2.45) is 5.73 Å². The minimum absolute atomic E-state index is 0.232. The first-order valence-electron chi connectivity index (χ1n) is 8.92. The van der Waals surface area contributed by atoms with Gasteiger partial charge < -0.3 is 16.4 Å². The van der Waals surface area contributed by atoms with E-state index in [1.165, 1.54) is 6.08 Å². The third-order valence-corrected chi connectivity index (χ3v) is 5.34. The maximum atomic E-state index is 12.2. The highest BCUT2D eigenvalue weighted by molar-refractivity contribution is 7.16. The molecule has 4 N–H and O–H groups in total. The number of primary amides is 1. The van der Waals surface area contributed by atoms with Crippen molar-refractivity contribution in [1.82, 2.24) is 5.32 Å². The predicted octanol–water partition coefficient (Wildman–Crippen LogP) is 3.94. The molecule has 0 aliphatic heterocycles. The smallest absolute Gasteiger partial charge is 0.251 e. The van der Waals surface area contributed by atoms with Crippen LogP contribution in [0.2, 0.25) is 5.02 Å². The molecule has 6 nitrogen and oxygen atoms in total. The number of hydrogen-bond acceptors (Lipinski definition) is 4. The molecule has 1 aromatic heterocycles. The van der Waals surface area contributed by atoms with Gasteiger partial charge in [-0.1, -0.05) is 23.7 Å². The molecule has 0 radical (unpaired) electrons. The minimum atomic E-state index is -0.620. The van der Waals surface area contributed by atoms with Gasteiger partial charge in [0.25, 0.3) is 5.91 Å². The Balaban J connectivity index is 1.56. The van der Waals surface area contributed by atoms with Crippen molar-refractivity contribution < 1.29 is 14.4 Å². The van der Waals surface area contributed by atoms with Gasteiger partial charge in [0.15, 0.2) is 0 Å². The Morgan fingerprint density at radius 3 is 2.33 bits per heavy atom. The zero-order valence-corrected chi connectivity index (χ0v) is 17.3. The van der Waals surface area contributed by atoms with Crippen LogP contribution in [0.3, 0.4) is 0 Å². The zero-order chi connectivity index (χ0) is 21.5. The Morgan fingerprint density at radius 2 is 1.67 bits per heavy atom. The highest BCUT2D eigenvalue weighted by Gasteiger charge is 2.07. The lowest BCUT2D eigenvalue weighted by atomic mass is 10.2. The van der Waals surface area contributed by atoms with Crippen molar-refractivity contribution in [3.63, 3.8) is 0 Å². The molecule has 0 aliphatic carbocycles. The van der Waals surface area contributed by atoms with Crippen LogP contribution in [0.15, 0.2) is 66.7 Å². The maximum absolute atomic E-state index is 12.2. The lowest BCUT2D eigenvalue weighted by Gasteiger charge is -2.05. The number of benzene rings is 2. The van der Waals surface area contributed by atoms with E-state index in [1.54, 1.807) is 41.7 Å². The number of amides is 3. The fourth-order valence-electron chi connectivity index (χ4n) is 2.53. The standard InChI is InChI=1S/C22H18ClN3O3S/c23-16-5-1-14(2-6-16)19-11-9-18(30-19)10-12-21(28)26-17-7-3-15(4-8-17)22(29)25-13-20(24)27/h1-12H,13H2,(H2,24,27)(H,25,29)(H,26,28). The van der Waals surface area contributed by atoms with Gasteiger partial charge in [0.1, 0.15) is 0 Å². The molecule has 0 atom stereocenters. The first-order chi connectivity index (χ1) is 14.4. The fourth-order valence-corrected chi connectivity index (χ4v) is 3.57. The van der Waals surface area contributed by atoms with Crippen LogP contribution in [0.25, 0.3) is 16.5 Å². The molecule has 2 aromatic carbocycles. The molecule has 3 amide bonds. The van der Waals surface area contributed by atoms with E-state index in [9.17, 15) is 14.4 Å². The summed E-state index contributed by atoms with van der Waals surface area (Å²) in [5.74, 6) is -1.33. The van der Waals surface area contributed by atoms with E-state index in [2.05, 4.69) is 10.6 Å². The van der Waals surface area contributed by atoms with E-state index in [4.69, 9.17) is 17.3 Å². The van der Waals surface area contributed by atoms with Crippen molar-refractivity contribution in [2.45, 2.75) is 0 Å². The number of halogens is 1. The van der Waals surface area contributed by atoms with E-state index < -0.39 is 11.8 Å². The fraction of sp³-hybridized carbons (Fsp3) is 0.0455. The van der Waals surface area contributed by atoms with Crippen LogP contribution in [0.5, 0.6) is 0 Å². The Hall–Kier alpha value is -3.42. The van der Waals surface area contributed by atoms with Gasteiger partial charge in [-0.05, 0) is 60.2 Å². The number of thiophene rings is 1. The Morgan fingerprint density at radius 1 is 0.967 bits per heavy atom. The van der Waals surface area contributed by atoms with E-state index in [-0.39, 0.29) is 12.5 Å². The number of nitrogens with one attached hydrogen (secondary N) is 2. The van der Waals surface area contributed by atoms with Gasteiger partial charge in [-0.2, -0.15) is 0 Å². The molecule has 0 unspecified atom stereocenters. The lowest BCUT2D eigenvalue weighted by molar-refractivity contribution is -0.117. The molecule has 8 heteroatoms. The van der Waals surface area contributed by atoms with Gasteiger partial charge in [0.2, 0.25) is 11.8 Å². The van der Waals surface area contributed by atoms with Crippen LogP contribution >= 0.6 is 22.9 Å². The van der Waals surface area contributed by atoms with Gasteiger partial charge >= 0.3 is 0 Å². The summed E-state index contributed by atoms with van der Waals surface area (Å²) < 4.78 is 0. The molecule has 1 heterocycles. The van der Waals surface area contributed by atoms with Crippen LogP contribution in [-0.4, -0.2) is 24.3 Å². The molecule has 3 rings (SSSR count). The monoisotopic (exact) mass is 439 g/mol. The van der Waals surface area contributed by atoms with E-state index in [0.717, 1.165) is 15.3 Å². The highest BCUT2D eigenvalue weighted by atomic mass is 35.5. The van der Waals surface area contributed by atoms with E-state index in [0.29, 0.717) is 16.3 Å². The van der Waals surface area contributed by atoms with Crippen LogP contribution < -0.4 is 16.4 Å². The number of rotatable bonds is 7. The first-order valence-corrected chi connectivity index (χ1v) is 10.1. The molecule has 0 saturated carbocycles. The lowest BCUT2D eigenvalue weighted by Crippen LogP contribution is -2.33. The van der Waals surface area contributed by atoms with Gasteiger partial charge in [-0.15, -0.1) is 11.3 Å². The molecule has 152 valence electrons. The SMILES string of the molecule is NC(=O)CNC(=O)c1ccc(NC(=O)C=Cc2ccc(-c3ccc(Cl)cc3)s2)cc1. The van der Waals surface area contributed by atoms with Crippen molar-refractivity contribution in [1.29, 1.82) is 0 Å². The third-order valence-electron chi connectivity index (χ3n) is 3.99. The third kappa shape index (κ3) is 6.04. The summed E-state index contributed by atoms with van der Waals surface area (Å²) in [7, 11) is 0. The Bertz CT molecular complexity index is 1090. The molecule has 3 aromatic rings. The van der Waals surface area contributed by atoms with Crippen LogP contribution in [0.4, 0.5) is 5.69 Å². The number of nitrogens with two attached hydrogens (primary N) is 1. The van der Waals surface area contributed by atoms with E-state index in [1.807, 2.05) is 36.4 Å². The summed E-state index contributed by atoms with van der Waals surface area (Å²) in [4.78, 5) is 36.7. The van der Waals surface area contributed by atoms with Gasteiger partial charge in [-0.3, -0.25) is 14.4 Å². The molecular weight excluding hydrogens is 422 g/mol. The normalized spacial score (nSPS) is 10.7. The molecular formula is C22H18ClN3O3S. The second kappa shape index (κ2) is 9.87. The molecule has 0 bridgehead atoms. The van der Waals surface area contributed by atoms with Crippen molar-refractivity contribution in [3.8, 4) is 10.4 Å². The minimum Gasteiger partial charge on any atom is -0.368 e. The highest BCUT2D eigenvalue weighted by Crippen LogP contribution is 2.29. The largest absolute Gasteiger partial charge is 0.368 e. The van der Waals surface area contributed by atoms with Crippen molar-refractivity contribution >= 4 is 52.4 Å². The van der Waals surface area contributed by atoms with Crippen LogP contribution in [0, 0.1) is 0 Å². The maximum Gasteiger partial charge on any atom is 0.251 e. The number of hydrogen-bond donors (Lipinski definition) is 3. The molecule has 0 spiro atoms. The molecule has 0 aliphatic rings. The van der Waals surface area contributed by atoms with Gasteiger partial charge in [0.05, 0.1) is 6.54 Å². The summed E-state index contributed by atoms with van der Waals surface area (Å²) in [6.45, 7) is -0.232. The Kier molecular flexibility index (Phi) is 7.00. The molecule has 30 heavy (non-hydrogen) atoms. The average molecular weight is 440 g/mol. The molecule has 0 fully saturated rings. The van der Waals surface area contributed by atoms with Gasteiger partial charge in [-0.25, -0.2) is 0 Å². The van der Waals surface area contributed by atoms with E-state index >= 15 is 0 Å².